The Hall–Kier alpha value is -3.17. The molecular weight excluding hydrogens is 418 g/mol. The van der Waals surface area contributed by atoms with Crippen LogP contribution in [0.1, 0.15) is 20.8 Å². The van der Waals surface area contributed by atoms with Gasteiger partial charge in [-0.25, -0.2) is 4.79 Å². The Labute approximate surface area is 174 Å². The first-order chi connectivity index (χ1) is 13.8. The number of benzene rings is 1. The minimum Gasteiger partial charge on any atom is -0.452 e. The molecule has 0 fully saturated rings. The number of non-ortho nitro benzene ring substituents is 1. The van der Waals surface area contributed by atoms with Crippen LogP contribution in [0.2, 0.25) is 5.02 Å². The number of nitrogens with zero attached hydrogens (tertiary/aromatic N) is 2. The van der Waals surface area contributed by atoms with Crippen molar-refractivity contribution in [2.75, 3.05) is 11.9 Å². The summed E-state index contributed by atoms with van der Waals surface area (Å²) in [5.41, 5.74) is 1.02. The number of hydrogen-bond acceptors (Lipinski definition) is 6. The highest BCUT2D eigenvalue weighted by atomic mass is 35.5. The Kier molecular flexibility index (Phi) is 6.00. The van der Waals surface area contributed by atoms with Gasteiger partial charge < -0.3 is 14.6 Å². The van der Waals surface area contributed by atoms with Gasteiger partial charge in [0.1, 0.15) is 5.00 Å². The molecule has 3 rings (SSSR count). The molecule has 0 unspecified atom stereocenters. The molecule has 0 aliphatic heterocycles. The van der Waals surface area contributed by atoms with Crippen LogP contribution in [0, 0.1) is 24.0 Å². The topological polar surface area (TPSA) is 103 Å². The molecule has 150 valence electrons. The smallest absolute Gasteiger partial charge is 0.341 e. The summed E-state index contributed by atoms with van der Waals surface area (Å²) in [6.45, 7) is 3.16. The summed E-state index contributed by atoms with van der Waals surface area (Å²) in [6, 6.07) is 7.36. The number of aromatic nitrogens is 1. The second kappa shape index (κ2) is 8.46. The monoisotopic (exact) mass is 433 g/mol. The SMILES string of the molecule is Cc1sc(-n2cccc2)c(C(=O)OCC(=O)Nc2cc([N+](=O)[O-])ccc2Cl)c1C. The zero-order valence-electron chi connectivity index (χ0n) is 15.5. The predicted octanol–water partition coefficient (Wildman–Crippen LogP) is 4.51. The van der Waals surface area contributed by atoms with E-state index in [-0.39, 0.29) is 16.4 Å². The van der Waals surface area contributed by atoms with Gasteiger partial charge in [-0.1, -0.05) is 11.6 Å². The van der Waals surface area contributed by atoms with Crippen LogP contribution in [0.25, 0.3) is 5.00 Å². The maximum absolute atomic E-state index is 12.6. The van der Waals surface area contributed by atoms with Crippen LogP contribution >= 0.6 is 22.9 Å². The second-order valence-corrected chi connectivity index (χ2v) is 7.71. The van der Waals surface area contributed by atoms with E-state index >= 15 is 0 Å². The van der Waals surface area contributed by atoms with Crippen molar-refractivity contribution in [2.45, 2.75) is 13.8 Å². The second-order valence-electron chi connectivity index (χ2n) is 6.10. The third-order valence-corrected chi connectivity index (χ3v) is 5.73. The first-order valence-corrected chi connectivity index (χ1v) is 9.61. The number of nitrogens with one attached hydrogen (secondary N) is 1. The van der Waals surface area contributed by atoms with Crippen molar-refractivity contribution < 1.29 is 19.2 Å². The van der Waals surface area contributed by atoms with Crippen molar-refractivity contribution in [1.82, 2.24) is 4.57 Å². The first kappa shape index (κ1) is 20.6. The fraction of sp³-hybridized carbons (Fsp3) is 0.158. The molecule has 2 heterocycles. The molecule has 0 aliphatic carbocycles. The van der Waals surface area contributed by atoms with E-state index in [0.717, 1.165) is 16.5 Å². The van der Waals surface area contributed by atoms with Crippen LogP contribution < -0.4 is 5.32 Å². The number of halogens is 1. The lowest BCUT2D eigenvalue weighted by molar-refractivity contribution is -0.384. The first-order valence-electron chi connectivity index (χ1n) is 8.42. The van der Waals surface area contributed by atoms with Crippen molar-refractivity contribution in [3.8, 4) is 5.00 Å². The van der Waals surface area contributed by atoms with E-state index in [2.05, 4.69) is 5.32 Å². The summed E-state index contributed by atoms with van der Waals surface area (Å²) in [4.78, 5) is 36.0. The molecule has 1 amide bonds. The highest BCUT2D eigenvalue weighted by molar-refractivity contribution is 7.15. The quantitative estimate of drug-likeness (QED) is 0.350. The summed E-state index contributed by atoms with van der Waals surface area (Å²) in [7, 11) is 0. The Morgan fingerprint density at radius 2 is 1.97 bits per heavy atom. The van der Waals surface area contributed by atoms with Gasteiger partial charge in [-0.05, 0) is 37.6 Å². The number of amides is 1. The highest BCUT2D eigenvalue weighted by Gasteiger charge is 2.23. The van der Waals surface area contributed by atoms with Gasteiger partial charge in [-0.15, -0.1) is 11.3 Å². The number of ether oxygens (including phenoxy) is 1. The van der Waals surface area contributed by atoms with Crippen LogP contribution in [0.3, 0.4) is 0 Å². The fourth-order valence-electron chi connectivity index (χ4n) is 2.61. The molecule has 0 spiro atoms. The van der Waals surface area contributed by atoms with Crippen molar-refractivity contribution in [1.29, 1.82) is 0 Å². The lowest BCUT2D eigenvalue weighted by atomic mass is 10.1. The lowest BCUT2D eigenvalue weighted by Crippen LogP contribution is -2.21. The van der Waals surface area contributed by atoms with Gasteiger partial charge in [0.05, 0.1) is 21.2 Å². The molecule has 0 saturated heterocycles. The number of rotatable bonds is 6. The van der Waals surface area contributed by atoms with E-state index in [4.69, 9.17) is 16.3 Å². The van der Waals surface area contributed by atoms with E-state index in [0.29, 0.717) is 10.6 Å². The molecule has 29 heavy (non-hydrogen) atoms. The lowest BCUT2D eigenvalue weighted by Gasteiger charge is -2.09. The zero-order chi connectivity index (χ0) is 21.1. The normalized spacial score (nSPS) is 10.6. The summed E-state index contributed by atoms with van der Waals surface area (Å²) >= 11 is 7.41. The van der Waals surface area contributed by atoms with Crippen molar-refractivity contribution in [2.24, 2.45) is 0 Å². The Morgan fingerprint density at radius 1 is 1.28 bits per heavy atom. The molecule has 0 bridgehead atoms. The molecule has 10 heteroatoms. The molecule has 1 N–H and O–H groups in total. The predicted molar refractivity (Wildman–Crippen MR) is 110 cm³/mol. The third kappa shape index (κ3) is 4.47. The summed E-state index contributed by atoms with van der Waals surface area (Å²) < 4.78 is 6.99. The number of carbonyl (C=O) groups excluding carboxylic acids is 2. The van der Waals surface area contributed by atoms with E-state index in [1.165, 1.54) is 23.5 Å². The number of anilines is 1. The summed E-state index contributed by atoms with van der Waals surface area (Å²) in [5.74, 6) is -1.29. The average Bonchev–Trinajstić information content (AvgIpc) is 3.30. The van der Waals surface area contributed by atoms with Crippen molar-refractivity contribution >= 4 is 46.2 Å². The standard InChI is InChI=1S/C19H16ClN3O5S/c1-11-12(2)29-18(22-7-3-4-8-22)17(11)19(25)28-10-16(24)21-15-9-13(23(26)27)5-6-14(15)20/h3-9H,10H2,1-2H3,(H,21,24). The van der Waals surface area contributed by atoms with Gasteiger partial charge in [0.2, 0.25) is 0 Å². The van der Waals surface area contributed by atoms with Crippen LogP contribution in [-0.4, -0.2) is 28.0 Å². The molecular formula is C19H16ClN3O5S. The Morgan fingerprint density at radius 3 is 2.62 bits per heavy atom. The molecule has 0 saturated carbocycles. The fourth-order valence-corrected chi connectivity index (χ4v) is 3.89. The molecule has 3 aromatic rings. The van der Waals surface area contributed by atoms with Gasteiger partial charge >= 0.3 is 5.97 Å². The van der Waals surface area contributed by atoms with Gasteiger partial charge in [0, 0.05) is 29.4 Å². The molecule has 2 aromatic heterocycles. The van der Waals surface area contributed by atoms with Gasteiger partial charge in [-0.3, -0.25) is 14.9 Å². The van der Waals surface area contributed by atoms with Crippen molar-refractivity contribution in [3.05, 3.63) is 73.9 Å². The third-order valence-electron chi connectivity index (χ3n) is 4.18. The largest absolute Gasteiger partial charge is 0.452 e. The number of nitro groups is 1. The summed E-state index contributed by atoms with van der Waals surface area (Å²) in [6.07, 6.45) is 3.64. The molecule has 1 aromatic carbocycles. The minimum atomic E-state index is -0.659. The maximum atomic E-state index is 12.6. The molecule has 0 aliphatic rings. The van der Waals surface area contributed by atoms with Crippen molar-refractivity contribution in [3.63, 3.8) is 0 Å². The van der Waals surface area contributed by atoms with E-state index in [1.54, 1.807) is 0 Å². The molecule has 8 nitrogen and oxygen atoms in total. The number of esters is 1. The zero-order valence-corrected chi connectivity index (χ0v) is 17.0. The maximum Gasteiger partial charge on any atom is 0.341 e. The van der Waals surface area contributed by atoms with E-state index in [1.807, 2.05) is 42.9 Å². The van der Waals surface area contributed by atoms with E-state index in [9.17, 15) is 19.7 Å². The highest BCUT2D eigenvalue weighted by Crippen LogP contribution is 2.31. The van der Waals surface area contributed by atoms with E-state index < -0.39 is 23.4 Å². The van der Waals surface area contributed by atoms with Crippen LogP contribution in [0.15, 0.2) is 42.7 Å². The van der Waals surface area contributed by atoms with Crippen LogP contribution in [0.5, 0.6) is 0 Å². The number of aryl methyl sites for hydroxylation is 1. The summed E-state index contributed by atoms with van der Waals surface area (Å²) in [5, 5.41) is 14.1. The Bertz CT molecular complexity index is 1090. The van der Waals surface area contributed by atoms with Crippen LogP contribution in [-0.2, 0) is 9.53 Å². The van der Waals surface area contributed by atoms with Gasteiger partial charge in [-0.2, -0.15) is 0 Å². The minimum absolute atomic E-state index is 0.0671. The molecule has 0 atom stereocenters. The number of thiophene rings is 1. The number of hydrogen-bond donors (Lipinski definition) is 1. The van der Waals surface area contributed by atoms with Crippen LogP contribution in [0.4, 0.5) is 11.4 Å². The number of carbonyl (C=O) groups is 2. The molecule has 0 radical (unpaired) electrons. The van der Waals surface area contributed by atoms with Gasteiger partial charge in [0.25, 0.3) is 11.6 Å². The number of nitro benzene ring substituents is 1. The Balaban J connectivity index is 1.71. The van der Waals surface area contributed by atoms with Gasteiger partial charge in [0.15, 0.2) is 6.61 Å². The average molecular weight is 434 g/mol.